The summed E-state index contributed by atoms with van der Waals surface area (Å²) in [6, 6.07) is 10.2. The highest BCUT2D eigenvalue weighted by atomic mass is 35.5. The fraction of sp³-hybridized carbons (Fsp3) is 0.294. The predicted molar refractivity (Wildman–Crippen MR) is 95.0 cm³/mol. The second-order valence-electron chi connectivity index (χ2n) is 5.85. The summed E-state index contributed by atoms with van der Waals surface area (Å²) in [4.78, 5) is 14.0. The Kier molecular flexibility index (Phi) is 4.50. The molecular weight excluding hydrogens is 310 g/mol. The van der Waals surface area contributed by atoms with Gasteiger partial charge >= 0.3 is 0 Å². The first-order valence-electron chi connectivity index (χ1n) is 7.50. The van der Waals surface area contributed by atoms with Gasteiger partial charge in [0.05, 0.1) is 11.4 Å². The molecule has 2 aromatic heterocycles. The minimum atomic E-state index is 0.220. The van der Waals surface area contributed by atoms with Crippen molar-refractivity contribution in [3.8, 4) is 0 Å². The fourth-order valence-electron chi connectivity index (χ4n) is 2.69. The van der Waals surface area contributed by atoms with E-state index in [4.69, 9.17) is 11.6 Å². The van der Waals surface area contributed by atoms with Crippen LogP contribution in [0.4, 0.5) is 5.82 Å². The second kappa shape index (κ2) is 6.56. The lowest BCUT2D eigenvalue weighted by Gasteiger charge is -2.25. The number of aromatic nitrogens is 3. The summed E-state index contributed by atoms with van der Waals surface area (Å²) < 4.78 is 0. The average Bonchev–Trinajstić information content (AvgIpc) is 2.90. The van der Waals surface area contributed by atoms with E-state index in [9.17, 15) is 0 Å². The third-order valence-electron chi connectivity index (χ3n) is 3.90. The molecule has 2 N–H and O–H groups in total. The molecule has 1 atom stereocenters. The third-order valence-corrected chi connectivity index (χ3v) is 4.15. The van der Waals surface area contributed by atoms with Gasteiger partial charge in [0.25, 0.3) is 0 Å². The van der Waals surface area contributed by atoms with Gasteiger partial charge in [-0.15, -0.1) is 0 Å². The largest absolute Gasteiger partial charge is 0.367 e. The number of anilines is 1. The van der Waals surface area contributed by atoms with Crippen LogP contribution in [0.15, 0.2) is 36.7 Å². The molecule has 2 heterocycles. The van der Waals surface area contributed by atoms with Crippen molar-refractivity contribution in [3.63, 3.8) is 0 Å². The van der Waals surface area contributed by atoms with Gasteiger partial charge in [-0.25, -0.2) is 9.97 Å². The zero-order valence-electron chi connectivity index (χ0n) is 13.5. The van der Waals surface area contributed by atoms with E-state index in [0.717, 1.165) is 34.1 Å². The zero-order valence-corrected chi connectivity index (χ0v) is 14.2. The molecule has 0 radical (unpaired) electrons. The Labute approximate surface area is 140 Å². The van der Waals surface area contributed by atoms with Crippen molar-refractivity contribution in [1.82, 2.24) is 19.9 Å². The van der Waals surface area contributed by atoms with Gasteiger partial charge in [-0.2, -0.15) is 0 Å². The van der Waals surface area contributed by atoms with Gasteiger partial charge in [0, 0.05) is 17.3 Å². The summed E-state index contributed by atoms with van der Waals surface area (Å²) in [7, 11) is 4.13. The van der Waals surface area contributed by atoms with E-state index in [1.54, 1.807) is 6.33 Å². The van der Waals surface area contributed by atoms with Crippen molar-refractivity contribution >= 4 is 28.5 Å². The fourth-order valence-corrected chi connectivity index (χ4v) is 2.81. The van der Waals surface area contributed by atoms with Crippen LogP contribution < -0.4 is 5.32 Å². The van der Waals surface area contributed by atoms with E-state index < -0.39 is 0 Å². The summed E-state index contributed by atoms with van der Waals surface area (Å²) in [6.45, 7) is 2.76. The average molecular weight is 330 g/mol. The number of benzene rings is 1. The molecule has 0 saturated heterocycles. The quantitative estimate of drug-likeness (QED) is 0.750. The van der Waals surface area contributed by atoms with Crippen LogP contribution in [0.2, 0.25) is 5.02 Å². The van der Waals surface area contributed by atoms with E-state index in [1.807, 2.05) is 19.1 Å². The maximum atomic E-state index is 5.99. The lowest BCUT2D eigenvalue weighted by atomic mass is 10.1. The van der Waals surface area contributed by atoms with E-state index in [2.05, 4.69) is 57.5 Å². The standard InChI is InChI=1S/C17H20ClN5/c1-11-8-14-16(20-10-21-17(14)22-11)19-9-15(23(2)3)12-4-6-13(18)7-5-12/h4-8,10,15H,9H2,1-3H3,(H2,19,20,21,22). The van der Waals surface area contributed by atoms with Gasteiger partial charge in [-0.3, -0.25) is 0 Å². The molecule has 3 rings (SSSR count). The van der Waals surface area contributed by atoms with Gasteiger partial charge < -0.3 is 15.2 Å². The molecule has 0 amide bonds. The van der Waals surface area contributed by atoms with Crippen LogP contribution in [-0.4, -0.2) is 40.5 Å². The Morgan fingerprint density at radius 2 is 1.96 bits per heavy atom. The molecule has 1 unspecified atom stereocenters. The number of rotatable bonds is 5. The molecule has 0 aliphatic heterocycles. The topological polar surface area (TPSA) is 56.8 Å². The van der Waals surface area contributed by atoms with Crippen molar-refractivity contribution in [2.75, 3.05) is 26.0 Å². The van der Waals surface area contributed by atoms with Crippen LogP contribution >= 0.6 is 11.6 Å². The first-order chi connectivity index (χ1) is 11.0. The van der Waals surface area contributed by atoms with E-state index in [0.29, 0.717) is 0 Å². The summed E-state index contributed by atoms with van der Waals surface area (Å²) in [6.07, 6.45) is 1.58. The second-order valence-corrected chi connectivity index (χ2v) is 6.29. The van der Waals surface area contributed by atoms with Gasteiger partial charge in [0.1, 0.15) is 17.8 Å². The maximum absolute atomic E-state index is 5.99. The maximum Gasteiger partial charge on any atom is 0.143 e. The van der Waals surface area contributed by atoms with Gasteiger partial charge in [-0.1, -0.05) is 23.7 Å². The van der Waals surface area contributed by atoms with Crippen molar-refractivity contribution in [2.24, 2.45) is 0 Å². The number of hydrogen-bond acceptors (Lipinski definition) is 4. The molecule has 120 valence electrons. The minimum absolute atomic E-state index is 0.220. The highest BCUT2D eigenvalue weighted by Gasteiger charge is 2.15. The Hall–Kier alpha value is -2.11. The SMILES string of the molecule is Cc1cc2c(NCC(c3ccc(Cl)cc3)N(C)C)ncnc2[nH]1. The lowest BCUT2D eigenvalue weighted by Crippen LogP contribution is -2.27. The summed E-state index contributed by atoms with van der Waals surface area (Å²) in [5, 5.41) is 5.21. The monoisotopic (exact) mass is 329 g/mol. The number of likely N-dealkylation sites (N-methyl/N-ethyl adjacent to an activating group) is 1. The number of halogens is 1. The Bertz CT molecular complexity index is 794. The van der Waals surface area contributed by atoms with Crippen molar-refractivity contribution < 1.29 is 0 Å². The first-order valence-corrected chi connectivity index (χ1v) is 7.88. The van der Waals surface area contributed by atoms with Crippen LogP contribution in [-0.2, 0) is 0 Å². The van der Waals surface area contributed by atoms with Crippen LogP contribution in [0.1, 0.15) is 17.3 Å². The molecule has 0 aliphatic carbocycles. The van der Waals surface area contributed by atoms with E-state index in [1.165, 1.54) is 5.56 Å². The highest BCUT2D eigenvalue weighted by molar-refractivity contribution is 6.30. The molecule has 0 saturated carbocycles. The number of aromatic amines is 1. The van der Waals surface area contributed by atoms with Crippen molar-refractivity contribution in [2.45, 2.75) is 13.0 Å². The van der Waals surface area contributed by atoms with Crippen molar-refractivity contribution in [3.05, 3.63) is 52.9 Å². The molecule has 6 heteroatoms. The van der Waals surface area contributed by atoms with Crippen LogP contribution in [0.25, 0.3) is 11.0 Å². The number of nitrogens with zero attached hydrogens (tertiary/aromatic N) is 3. The zero-order chi connectivity index (χ0) is 16.4. The Morgan fingerprint density at radius 3 is 2.65 bits per heavy atom. The Morgan fingerprint density at radius 1 is 1.22 bits per heavy atom. The third kappa shape index (κ3) is 3.46. The van der Waals surface area contributed by atoms with Crippen LogP contribution in [0.3, 0.4) is 0 Å². The summed E-state index contributed by atoms with van der Waals surface area (Å²) in [5.41, 5.74) is 3.14. The molecule has 23 heavy (non-hydrogen) atoms. The molecule has 1 aromatic carbocycles. The summed E-state index contributed by atoms with van der Waals surface area (Å²) in [5.74, 6) is 0.847. The number of H-pyrrole nitrogens is 1. The molecule has 0 fully saturated rings. The predicted octanol–water partition coefficient (Wildman–Crippen LogP) is 3.63. The molecule has 0 bridgehead atoms. The normalized spacial score (nSPS) is 12.7. The minimum Gasteiger partial charge on any atom is -0.367 e. The van der Waals surface area contributed by atoms with Crippen molar-refractivity contribution in [1.29, 1.82) is 0 Å². The van der Waals surface area contributed by atoms with Gasteiger partial charge in [0.2, 0.25) is 0 Å². The molecule has 3 aromatic rings. The number of hydrogen-bond donors (Lipinski definition) is 2. The molecule has 5 nitrogen and oxygen atoms in total. The molecule has 0 aliphatic rings. The smallest absolute Gasteiger partial charge is 0.143 e. The highest BCUT2D eigenvalue weighted by Crippen LogP contribution is 2.24. The first kappa shape index (κ1) is 15.8. The number of nitrogens with one attached hydrogen (secondary N) is 2. The van der Waals surface area contributed by atoms with E-state index in [-0.39, 0.29) is 6.04 Å². The number of fused-ring (bicyclic) bond motifs is 1. The van der Waals surface area contributed by atoms with Crippen LogP contribution in [0, 0.1) is 6.92 Å². The Balaban J connectivity index is 1.82. The van der Waals surface area contributed by atoms with Crippen LogP contribution in [0.5, 0.6) is 0 Å². The van der Waals surface area contributed by atoms with E-state index >= 15 is 0 Å². The number of aryl methyl sites for hydroxylation is 1. The van der Waals surface area contributed by atoms with Gasteiger partial charge in [-0.05, 0) is 44.8 Å². The molecule has 0 spiro atoms. The summed E-state index contributed by atoms with van der Waals surface area (Å²) >= 11 is 5.99. The molecular formula is C17H20ClN5. The lowest BCUT2D eigenvalue weighted by molar-refractivity contribution is 0.311. The van der Waals surface area contributed by atoms with Gasteiger partial charge in [0.15, 0.2) is 0 Å².